The predicted molar refractivity (Wildman–Crippen MR) is 120 cm³/mol. The maximum Gasteiger partial charge on any atom is 0.330 e. The quantitative estimate of drug-likeness (QED) is 0.452. The largest absolute Gasteiger partial charge is 0.506 e. The number of benzene rings is 1. The molecule has 0 radical (unpaired) electrons. The molecule has 2 atom stereocenters. The Balaban J connectivity index is 1.66. The fraction of sp³-hybridized carbons (Fsp3) is 0.667. The number of rotatable bonds is 5. The van der Waals surface area contributed by atoms with E-state index in [1.807, 2.05) is 31.9 Å². The summed E-state index contributed by atoms with van der Waals surface area (Å²) in [5, 5.41) is 22.0. The van der Waals surface area contributed by atoms with Crippen LogP contribution in [0.3, 0.4) is 0 Å². The van der Waals surface area contributed by atoms with Gasteiger partial charge in [0, 0.05) is 12.6 Å². The second kappa shape index (κ2) is 9.51. The van der Waals surface area contributed by atoms with Gasteiger partial charge in [0.15, 0.2) is 0 Å². The first-order chi connectivity index (χ1) is 14.5. The number of aliphatic hydroxyl groups excluding tert-OH is 1. The number of aryl methyl sites for hydroxylation is 1. The number of β-amino-alcohol motifs (C(OH)–C–C–N with tert-alkyl or cyclic N) is 1. The number of carbonyl (C=O) groups excluding carboxylic acids is 1. The third-order valence-corrected chi connectivity index (χ3v) is 7.20. The molecule has 1 aromatic carbocycles. The van der Waals surface area contributed by atoms with Crippen LogP contribution >= 0.6 is 11.0 Å². The summed E-state index contributed by atoms with van der Waals surface area (Å²) in [6.07, 6.45) is 4.50. The van der Waals surface area contributed by atoms with Crippen LogP contribution in [0.2, 0.25) is 0 Å². The standard InChI is InChI=1S/C21H35N3O6S/c1-21(2,3)20(27)30-23-12-6-4-5-7-16(23)10-8-15-9-11-17(18(25)13-15)24-14-19(26)22-31(24,28)29/h9,11,13,16,19,22,25-26,28-29H,4-8,10,12,14H2,1-3H3. The second-order valence-electron chi connectivity index (χ2n) is 9.35. The predicted octanol–water partition coefficient (Wildman–Crippen LogP) is 3.38. The van der Waals surface area contributed by atoms with Crippen molar-refractivity contribution in [1.82, 2.24) is 9.79 Å². The third-order valence-electron chi connectivity index (χ3n) is 5.65. The molecule has 2 fully saturated rings. The van der Waals surface area contributed by atoms with E-state index >= 15 is 0 Å². The topological polar surface area (TPSA) is 126 Å². The summed E-state index contributed by atoms with van der Waals surface area (Å²) in [7, 11) is -3.37. The summed E-state index contributed by atoms with van der Waals surface area (Å²) in [6.45, 7) is 6.22. The van der Waals surface area contributed by atoms with Crippen LogP contribution in [0.25, 0.3) is 0 Å². The zero-order chi connectivity index (χ0) is 22.8. The minimum absolute atomic E-state index is 0.0363. The lowest BCUT2D eigenvalue weighted by Crippen LogP contribution is -2.40. The van der Waals surface area contributed by atoms with Crippen LogP contribution in [0.15, 0.2) is 18.2 Å². The number of nitrogens with one attached hydrogen (secondary N) is 1. The molecule has 0 aliphatic carbocycles. The summed E-state index contributed by atoms with van der Waals surface area (Å²) < 4.78 is 23.6. The first-order valence-electron chi connectivity index (χ1n) is 10.8. The van der Waals surface area contributed by atoms with Crippen molar-refractivity contribution in [2.24, 2.45) is 5.41 Å². The summed E-state index contributed by atoms with van der Waals surface area (Å²) >= 11 is 0. The van der Waals surface area contributed by atoms with Crippen LogP contribution in [-0.4, -0.2) is 55.7 Å². The summed E-state index contributed by atoms with van der Waals surface area (Å²) in [4.78, 5) is 18.1. The molecule has 2 heterocycles. The molecular weight excluding hydrogens is 422 g/mol. The van der Waals surface area contributed by atoms with Gasteiger partial charge in [0.1, 0.15) is 17.7 Å². The van der Waals surface area contributed by atoms with Gasteiger partial charge < -0.3 is 15.1 Å². The summed E-state index contributed by atoms with van der Waals surface area (Å²) in [6, 6.07) is 5.18. The van der Waals surface area contributed by atoms with Crippen molar-refractivity contribution in [2.75, 3.05) is 17.4 Å². The highest BCUT2D eigenvalue weighted by Gasteiger charge is 2.36. The fourth-order valence-electron chi connectivity index (χ4n) is 3.85. The van der Waals surface area contributed by atoms with Gasteiger partial charge in [-0.25, -0.2) is 4.79 Å². The van der Waals surface area contributed by atoms with Crippen LogP contribution in [0, 0.1) is 5.41 Å². The number of carbonyl (C=O) groups is 1. The van der Waals surface area contributed by atoms with Gasteiger partial charge in [-0.1, -0.05) is 29.9 Å². The molecule has 1 aromatic rings. The maximum atomic E-state index is 12.4. The Morgan fingerprint density at radius 1 is 1.26 bits per heavy atom. The Bertz CT molecular complexity index is 785. The molecule has 0 amide bonds. The molecule has 3 rings (SSSR count). The zero-order valence-electron chi connectivity index (χ0n) is 18.5. The average molecular weight is 458 g/mol. The number of hydrogen-bond donors (Lipinski definition) is 5. The Morgan fingerprint density at radius 3 is 2.61 bits per heavy atom. The molecule has 0 aromatic heterocycles. The molecule has 2 aliphatic rings. The molecule has 31 heavy (non-hydrogen) atoms. The Morgan fingerprint density at radius 2 is 2.00 bits per heavy atom. The maximum absolute atomic E-state index is 12.4. The number of hydroxylamine groups is 2. The van der Waals surface area contributed by atoms with Crippen molar-refractivity contribution >= 4 is 22.6 Å². The Hall–Kier alpha value is -1.56. The van der Waals surface area contributed by atoms with Crippen LogP contribution in [0.5, 0.6) is 5.75 Å². The molecule has 176 valence electrons. The van der Waals surface area contributed by atoms with Gasteiger partial charge in [0.05, 0.1) is 12.0 Å². The van der Waals surface area contributed by atoms with E-state index in [9.17, 15) is 24.1 Å². The number of anilines is 1. The van der Waals surface area contributed by atoms with Crippen LogP contribution < -0.4 is 9.03 Å². The average Bonchev–Trinajstić information content (AvgIpc) is 2.80. The van der Waals surface area contributed by atoms with E-state index < -0.39 is 22.6 Å². The summed E-state index contributed by atoms with van der Waals surface area (Å²) in [5.41, 5.74) is 0.590. The molecule has 0 bridgehead atoms. The molecule has 9 nitrogen and oxygen atoms in total. The number of hydrogen-bond acceptors (Lipinski definition) is 9. The normalized spacial score (nSPS) is 25.8. The van der Waals surface area contributed by atoms with Gasteiger partial charge in [-0.2, -0.15) is 4.72 Å². The Labute approximate surface area is 185 Å². The van der Waals surface area contributed by atoms with Gasteiger partial charge in [0.25, 0.3) is 0 Å². The highest BCUT2D eigenvalue weighted by atomic mass is 32.3. The molecule has 2 saturated heterocycles. The van der Waals surface area contributed by atoms with Crippen molar-refractivity contribution in [3.63, 3.8) is 0 Å². The Kier molecular flexibility index (Phi) is 7.39. The van der Waals surface area contributed by atoms with E-state index in [2.05, 4.69) is 4.72 Å². The number of phenols is 1. The molecular formula is C21H35N3O6S. The van der Waals surface area contributed by atoms with Crippen LogP contribution in [-0.2, 0) is 16.1 Å². The van der Waals surface area contributed by atoms with Crippen LogP contribution in [0.4, 0.5) is 5.69 Å². The highest BCUT2D eigenvalue weighted by molar-refractivity contribution is 8.24. The molecule has 5 N–H and O–H groups in total. The van der Waals surface area contributed by atoms with Crippen molar-refractivity contribution in [1.29, 1.82) is 0 Å². The smallest absolute Gasteiger partial charge is 0.330 e. The zero-order valence-corrected chi connectivity index (χ0v) is 19.3. The second-order valence-corrected chi connectivity index (χ2v) is 11.1. The molecule has 10 heteroatoms. The molecule has 2 unspecified atom stereocenters. The lowest BCUT2D eigenvalue weighted by molar-refractivity contribution is -0.211. The van der Waals surface area contributed by atoms with Crippen molar-refractivity contribution in [3.8, 4) is 5.75 Å². The number of aromatic hydroxyl groups is 1. The van der Waals surface area contributed by atoms with E-state index in [0.717, 1.165) is 44.2 Å². The van der Waals surface area contributed by atoms with Crippen molar-refractivity contribution < 1.29 is 29.0 Å². The fourth-order valence-corrected chi connectivity index (χ4v) is 5.20. The van der Waals surface area contributed by atoms with E-state index in [-0.39, 0.29) is 30.0 Å². The van der Waals surface area contributed by atoms with E-state index in [0.29, 0.717) is 6.42 Å². The molecule has 2 aliphatic heterocycles. The van der Waals surface area contributed by atoms with Gasteiger partial charge in [-0.05, 0) is 64.2 Å². The number of aliphatic hydroxyl groups is 1. The first kappa shape index (κ1) is 24.1. The van der Waals surface area contributed by atoms with E-state index in [4.69, 9.17) is 4.84 Å². The minimum atomic E-state index is -3.37. The van der Waals surface area contributed by atoms with Gasteiger partial charge in [-0.3, -0.25) is 13.4 Å². The van der Waals surface area contributed by atoms with E-state index in [1.54, 1.807) is 12.1 Å². The summed E-state index contributed by atoms with van der Waals surface area (Å²) in [5.74, 6) is -0.313. The molecule has 0 saturated carbocycles. The SMILES string of the molecule is CC(C)(C)C(=O)ON1CCCCCC1CCc1ccc(N2CC(O)NS2(O)O)c(O)c1. The van der Waals surface area contributed by atoms with Gasteiger partial charge in [-0.15, -0.1) is 5.06 Å². The highest BCUT2D eigenvalue weighted by Crippen LogP contribution is 2.49. The van der Waals surface area contributed by atoms with Crippen LogP contribution in [0.1, 0.15) is 58.4 Å². The first-order valence-corrected chi connectivity index (χ1v) is 12.3. The number of nitrogens with zero attached hydrogens (tertiary/aromatic N) is 2. The minimum Gasteiger partial charge on any atom is -0.506 e. The van der Waals surface area contributed by atoms with Crippen molar-refractivity contribution in [2.45, 2.75) is 71.6 Å². The number of phenolic OH excluding ortho intramolecular Hbond substituents is 1. The third kappa shape index (κ3) is 6.03. The lowest BCUT2D eigenvalue weighted by atomic mass is 9.97. The van der Waals surface area contributed by atoms with E-state index in [1.165, 1.54) is 4.31 Å². The van der Waals surface area contributed by atoms with Crippen molar-refractivity contribution in [3.05, 3.63) is 23.8 Å². The van der Waals surface area contributed by atoms with Gasteiger partial charge in [0.2, 0.25) is 0 Å². The van der Waals surface area contributed by atoms with Gasteiger partial charge >= 0.3 is 5.97 Å². The lowest BCUT2D eigenvalue weighted by Gasteiger charge is -2.36. The molecule has 0 spiro atoms. The monoisotopic (exact) mass is 457 g/mol.